The quantitative estimate of drug-likeness (QED) is 0.150. The molecule has 0 aliphatic heterocycles. The van der Waals surface area contributed by atoms with Crippen LogP contribution in [0.3, 0.4) is 0 Å². The standard InChI is InChI=1S/C21H20ClF3N2O3/c1-4-30-21(29)15(10-26-13-7-5-12(6-8-13)11-27(2)3)20(28)14-9-16(23)19(25)17(22)18(14)24/h5-10,15H,4,11H2,1-3H3. The van der Waals surface area contributed by atoms with Gasteiger partial charge in [0.05, 0.1) is 17.9 Å². The number of hydrogen-bond donors (Lipinski definition) is 0. The first kappa shape index (κ1) is 23.6. The highest BCUT2D eigenvalue weighted by atomic mass is 35.5. The van der Waals surface area contributed by atoms with Crippen molar-refractivity contribution < 1.29 is 27.5 Å². The summed E-state index contributed by atoms with van der Waals surface area (Å²) in [7, 11) is 3.84. The number of ether oxygens (including phenoxy) is 1. The van der Waals surface area contributed by atoms with Crippen molar-refractivity contribution in [2.24, 2.45) is 10.9 Å². The van der Waals surface area contributed by atoms with Gasteiger partial charge in [-0.05, 0) is 44.8 Å². The number of aliphatic imine (C=N–C) groups is 1. The van der Waals surface area contributed by atoms with Crippen molar-refractivity contribution in [1.29, 1.82) is 0 Å². The summed E-state index contributed by atoms with van der Waals surface area (Å²) in [6.45, 7) is 2.19. The van der Waals surface area contributed by atoms with Crippen LogP contribution in [0.1, 0.15) is 22.8 Å². The topological polar surface area (TPSA) is 59.0 Å². The second-order valence-corrected chi connectivity index (χ2v) is 7.00. The summed E-state index contributed by atoms with van der Waals surface area (Å²) in [5.74, 6) is -8.42. The van der Waals surface area contributed by atoms with Gasteiger partial charge in [0.25, 0.3) is 0 Å². The Morgan fingerprint density at radius 3 is 2.37 bits per heavy atom. The SMILES string of the molecule is CCOC(=O)C(C=Nc1ccc(CN(C)C)cc1)C(=O)c1cc(F)c(F)c(Cl)c1F. The lowest BCUT2D eigenvalue weighted by Gasteiger charge is -2.12. The number of Topliss-reactive ketones (excluding diaryl/α,β-unsaturated/α-hetero) is 1. The summed E-state index contributed by atoms with van der Waals surface area (Å²) < 4.78 is 46.2. The minimum absolute atomic E-state index is 0.0449. The van der Waals surface area contributed by atoms with E-state index in [0.717, 1.165) is 11.8 Å². The predicted molar refractivity (Wildman–Crippen MR) is 108 cm³/mol. The third-order valence-electron chi connectivity index (χ3n) is 4.00. The zero-order chi connectivity index (χ0) is 22.4. The van der Waals surface area contributed by atoms with Crippen molar-refractivity contribution in [2.75, 3.05) is 20.7 Å². The summed E-state index contributed by atoms with van der Waals surface area (Å²) in [6, 6.07) is 7.36. The third kappa shape index (κ3) is 5.67. The fourth-order valence-electron chi connectivity index (χ4n) is 2.60. The number of carbonyl (C=O) groups is 2. The molecule has 2 aromatic carbocycles. The molecule has 0 radical (unpaired) electrons. The Labute approximate surface area is 177 Å². The second kappa shape index (κ2) is 10.4. The van der Waals surface area contributed by atoms with Gasteiger partial charge in [-0.1, -0.05) is 23.7 Å². The molecule has 0 heterocycles. The van der Waals surface area contributed by atoms with Crippen molar-refractivity contribution in [3.8, 4) is 0 Å². The number of ketones is 1. The molecule has 0 bridgehead atoms. The first-order chi connectivity index (χ1) is 14.1. The molecule has 0 spiro atoms. The van der Waals surface area contributed by atoms with E-state index in [-0.39, 0.29) is 6.61 Å². The fraction of sp³-hybridized carbons (Fsp3) is 0.286. The van der Waals surface area contributed by atoms with Gasteiger partial charge in [0.15, 0.2) is 29.2 Å². The summed E-state index contributed by atoms with van der Waals surface area (Å²) in [5.41, 5.74) is 0.587. The lowest BCUT2D eigenvalue weighted by atomic mass is 9.97. The summed E-state index contributed by atoms with van der Waals surface area (Å²) in [6.07, 6.45) is 0.982. The number of rotatable bonds is 8. The number of nitrogens with zero attached hydrogens (tertiary/aromatic N) is 2. The van der Waals surface area contributed by atoms with E-state index in [1.807, 2.05) is 31.1 Å². The molecule has 0 aliphatic rings. The summed E-state index contributed by atoms with van der Waals surface area (Å²) >= 11 is 5.41. The van der Waals surface area contributed by atoms with E-state index in [1.165, 1.54) is 6.92 Å². The molecule has 1 atom stereocenters. The summed E-state index contributed by atoms with van der Waals surface area (Å²) in [4.78, 5) is 31.0. The van der Waals surface area contributed by atoms with Gasteiger partial charge in [-0.3, -0.25) is 14.6 Å². The van der Waals surface area contributed by atoms with E-state index in [2.05, 4.69) is 4.99 Å². The van der Waals surface area contributed by atoms with Crippen LogP contribution in [0.2, 0.25) is 5.02 Å². The molecule has 2 rings (SSSR count). The Kier molecular flexibility index (Phi) is 8.14. The van der Waals surface area contributed by atoms with Gasteiger partial charge < -0.3 is 9.64 Å². The Morgan fingerprint density at radius 1 is 1.17 bits per heavy atom. The maximum absolute atomic E-state index is 14.3. The molecule has 9 heteroatoms. The molecule has 30 heavy (non-hydrogen) atoms. The van der Waals surface area contributed by atoms with E-state index in [1.54, 1.807) is 12.1 Å². The predicted octanol–water partition coefficient (Wildman–Crippen LogP) is 4.58. The van der Waals surface area contributed by atoms with Crippen LogP contribution in [0.4, 0.5) is 18.9 Å². The molecule has 0 N–H and O–H groups in total. The van der Waals surface area contributed by atoms with Crippen LogP contribution in [0.15, 0.2) is 35.3 Å². The Morgan fingerprint density at radius 2 is 1.80 bits per heavy atom. The van der Waals surface area contributed by atoms with Crippen LogP contribution in [-0.4, -0.2) is 43.6 Å². The monoisotopic (exact) mass is 440 g/mol. The molecule has 0 amide bonds. The average molecular weight is 441 g/mol. The molecule has 160 valence electrons. The number of carbonyl (C=O) groups excluding carboxylic acids is 2. The molecule has 5 nitrogen and oxygen atoms in total. The molecule has 0 saturated carbocycles. The van der Waals surface area contributed by atoms with Crippen LogP contribution in [0, 0.1) is 23.4 Å². The highest BCUT2D eigenvalue weighted by Crippen LogP contribution is 2.27. The van der Waals surface area contributed by atoms with E-state index >= 15 is 0 Å². The maximum atomic E-state index is 14.3. The fourth-order valence-corrected chi connectivity index (χ4v) is 2.79. The Bertz CT molecular complexity index is 963. The van der Waals surface area contributed by atoms with E-state index in [4.69, 9.17) is 16.3 Å². The van der Waals surface area contributed by atoms with Gasteiger partial charge in [0.2, 0.25) is 0 Å². The molecule has 0 aromatic heterocycles. The zero-order valence-electron chi connectivity index (χ0n) is 16.6. The number of benzene rings is 2. The molecule has 0 aliphatic carbocycles. The zero-order valence-corrected chi connectivity index (χ0v) is 17.3. The number of hydrogen-bond acceptors (Lipinski definition) is 5. The molecular formula is C21H20ClF3N2O3. The normalized spacial score (nSPS) is 12.4. The van der Waals surface area contributed by atoms with Gasteiger partial charge in [-0.2, -0.15) is 0 Å². The first-order valence-electron chi connectivity index (χ1n) is 8.97. The molecule has 0 saturated heterocycles. The van der Waals surface area contributed by atoms with Crippen molar-refractivity contribution in [3.05, 3.63) is 63.9 Å². The highest BCUT2D eigenvalue weighted by molar-refractivity contribution is 6.31. The number of esters is 1. The van der Waals surface area contributed by atoms with Crippen LogP contribution in [0.5, 0.6) is 0 Å². The van der Waals surface area contributed by atoms with Gasteiger partial charge in [-0.25, -0.2) is 13.2 Å². The van der Waals surface area contributed by atoms with Gasteiger partial charge in [0.1, 0.15) is 5.02 Å². The average Bonchev–Trinajstić information content (AvgIpc) is 2.70. The minimum atomic E-state index is -1.66. The van der Waals surface area contributed by atoms with E-state index in [0.29, 0.717) is 18.3 Å². The van der Waals surface area contributed by atoms with Crippen LogP contribution in [0.25, 0.3) is 0 Å². The second-order valence-electron chi connectivity index (χ2n) is 6.62. The Balaban J connectivity index is 2.36. The molecule has 1 unspecified atom stereocenters. The van der Waals surface area contributed by atoms with E-state index in [9.17, 15) is 22.8 Å². The number of halogens is 4. The van der Waals surface area contributed by atoms with Crippen molar-refractivity contribution in [1.82, 2.24) is 4.90 Å². The van der Waals surface area contributed by atoms with Crippen LogP contribution >= 0.6 is 11.6 Å². The highest BCUT2D eigenvalue weighted by Gasteiger charge is 2.32. The Hall–Kier alpha value is -2.71. The minimum Gasteiger partial charge on any atom is -0.465 e. The first-order valence-corrected chi connectivity index (χ1v) is 9.35. The lowest BCUT2D eigenvalue weighted by molar-refractivity contribution is -0.143. The van der Waals surface area contributed by atoms with Crippen LogP contribution in [-0.2, 0) is 16.1 Å². The lowest BCUT2D eigenvalue weighted by Crippen LogP contribution is -2.28. The van der Waals surface area contributed by atoms with Crippen molar-refractivity contribution >= 4 is 35.3 Å². The van der Waals surface area contributed by atoms with Crippen LogP contribution < -0.4 is 0 Å². The molecular weight excluding hydrogens is 421 g/mol. The van der Waals surface area contributed by atoms with Crippen molar-refractivity contribution in [2.45, 2.75) is 13.5 Å². The molecule has 0 fully saturated rings. The molecule has 2 aromatic rings. The van der Waals surface area contributed by atoms with Gasteiger partial charge >= 0.3 is 5.97 Å². The smallest absolute Gasteiger partial charge is 0.322 e. The summed E-state index contributed by atoms with van der Waals surface area (Å²) in [5, 5.41) is -1.17. The maximum Gasteiger partial charge on any atom is 0.322 e. The van der Waals surface area contributed by atoms with Gasteiger partial charge in [0, 0.05) is 12.8 Å². The van der Waals surface area contributed by atoms with E-state index < -0.39 is 45.7 Å². The van der Waals surface area contributed by atoms with Gasteiger partial charge in [-0.15, -0.1) is 0 Å². The van der Waals surface area contributed by atoms with Crippen molar-refractivity contribution in [3.63, 3.8) is 0 Å². The third-order valence-corrected chi connectivity index (χ3v) is 4.33. The largest absolute Gasteiger partial charge is 0.465 e.